The summed E-state index contributed by atoms with van der Waals surface area (Å²) in [5.74, 6) is 0.196. The Morgan fingerprint density at radius 1 is 0.943 bits per heavy atom. The summed E-state index contributed by atoms with van der Waals surface area (Å²) in [6, 6.07) is 20.4. The second kappa shape index (κ2) is 10.1. The van der Waals surface area contributed by atoms with E-state index >= 15 is 0 Å². The van der Waals surface area contributed by atoms with E-state index in [4.69, 9.17) is 0 Å². The van der Waals surface area contributed by atoms with E-state index in [0.717, 1.165) is 61.2 Å². The van der Waals surface area contributed by atoms with E-state index in [2.05, 4.69) is 61.0 Å². The van der Waals surface area contributed by atoms with Gasteiger partial charge in [-0.2, -0.15) is 0 Å². The predicted octanol–water partition coefficient (Wildman–Crippen LogP) is 6.04. The first kappa shape index (κ1) is 23.4. The third kappa shape index (κ3) is 4.52. The maximum atomic E-state index is 14.2. The fourth-order valence-electron chi connectivity index (χ4n) is 5.61. The number of aromatic nitrogens is 1. The van der Waals surface area contributed by atoms with Crippen LogP contribution < -0.4 is 4.90 Å². The maximum Gasteiger partial charge on any atom is 0.247 e. The number of rotatable bonds is 7. The van der Waals surface area contributed by atoms with Crippen LogP contribution in [0.5, 0.6) is 0 Å². The van der Waals surface area contributed by atoms with E-state index in [-0.39, 0.29) is 30.3 Å². The van der Waals surface area contributed by atoms with Gasteiger partial charge in [0.05, 0.1) is 17.1 Å². The smallest absolute Gasteiger partial charge is 0.247 e. The molecule has 0 radical (unpaired) electrons. The molecule has 1 fully saturated rings. The average molecular weight is 470 g/mol. The highest BCUT2D eigenvalue weighted by molar-refractivity contribution is 6.00. The second-order valence-corrected chi connectivity index (χ2v) is 9.96. The van der Waals surface area contributed by atoms with Gasteiger partial charge in [-0.1, -0.05) is 68.1 Å². The van der Waals surface area contributed by atoms with Crippen LogP contribution in [0.15, 0.2) is 66.9 Å². The standard InChI is InChI=1S/C30H35N3O2/c1-3-4-19-31(30(35)24-10-5-6-11-24)21-28(34)33-26-13-8-7-12-25(26)32-20-9-14-27(32)29(33)23-17-15-22(2)16-18-23/h7-9,12-18,20,24,29H,3-6,10-11,19,21H2,1-2H3. The van der Waals surface area contributed by atoms with E-state index in [1.807, 2.05) is 34.1 Å². The topological polar surface area (TPSA) is 45.6 Å². The summed E-state index contributed by atoms with van der Waals surface area (Å²) in [5.41, 5.74) is 5.19. The van der Waals surface area contributed by atoms with E-state index in [0.29, 0.717) is 6.54 Å². The summed E-state index contributed by atoms with van der Waals surface area (Å²) in [7, 11) is 0. The number of hydrogen-bond acceptors (Lipinski definition) is 2. The van der Waals surface area contributed by atoms with Gasteiger partial charge in [0, 0.05) is 18.7 Å². The zero-order valence-electron chi connectivity index (χ0n) is 20.8. The molecular weight excluding hydrogens is 434 g/mol. The largest absolute Gasteiger partial charge is 0.333 e. The van der Waals surface area contributed by atoms with Crippen LogP contribution in [0.1, 0.15) is 68.3 Å². The molecule has 2 aromatic carbocycles. The molecule has 1 atom stereocenters. The van der Waals surface area contributed by atoms with Crippen molar-refractivity contribution < 1.29 is 9.59 Å². The molecule has 2 amide bonds. The molecule has 182 valence electrons. The van der Waals surface area contributed by atoms with Gasteiger partial charge in [-0.05, 0) is 56.0 Å². The molecule has 0 bridgehead atoms. The van der Waals surface area contributed by atoms with Crippen molar-refractivity contribution in [2.45, 2.75) is 58.4 Å². The number of fused-ring (bicyclic) bond motifs is 3. The molecular formula is C30H35N3O2. The van der Waals surface area contributed by atoms with Crippen molar-refractivity contribution >= 4 is 17.5 Å². The summed E-state index contributed by atoms with van der Waals surface area (Å²) in [5, 5.41) is 0. The Balaban J connectivity index is 1.53. The molecule has 5 nitrogen and oxygen atoms in total. The van der Waals surface area contributed by atoms with E-state index in [1.54, 1.807) is 0 Å². The minimum Gasteiger partial charge on any atom is -0.333 e. The molecule has 3 aromatic rings. The molecule has 35 heavy (non-hydrogen) atoms. The van der Waals surface area contributed by atoms with E-state index in [9.17, 15) is 9.59 Å². The quantitative estimate of drug-likeness (QED) is 0.423. The number of carbonyl (C=O) groups is 2. The van der Waals surface area contributed by atoms with Crippen molar-refractivity contribution in [2.75, 3.05) is 18.0 Å². The summed E-state index contributed by atoms with van der Waals surface area (Å²) in [6.07, 6.45) is 8.08. The van der Waals surface area contributed by atoms with Crippen molar-refractivity contribution in [1.29, 1.82) is 0 Å². The summed E-state index contributed by atoms with van der Waals surface area (Å²) in [6.45, 7) is 4.96. The van der Waals surface area contributed by atoms with Crippen LogP contribution in [-0.2, 0) is 9.59 Å². The predicted molar refractivity (Wildman–Crippen MR) is 140 cm³/mol. The van der Waals surface area contributed by atoms with Crippen LogP contribution in [0.2, 0.25) is 0 Å². The molecule has 1 saturated carbocycles. The van der Waals surface area contributed by atoms with Gasteiger partial charge in [0.25, 0.3) is 0 Å². The molecule has 2 heterocycles. The molecule has 5 rings (SSSR count). The molecule has 1 aliphatic carbocycles. The SMILES string of the molecule is CCCCN(CC(=O)N1c2ccccc2-n2cccc2C1c1ccc(C)cc1)C(=O)C1CCCC1. The fraction of sp³-hybridized carbons (Fsp3) is 0.400. The first-order valence-corrected chi connectivity index (χ1v) is 13.0. The number of amides is 2. The van der Waals surface area contributed by atoms with Gasteiger partial charge in [-0.15, -0.1) is 0 Å². The van der Waals surface area contributed by atoms with Crippen molar-refractivity contribution in [3.63, 3.8) is 0 Å². The Labute approximate surface area is 208 Å². The molecule has 5 heteroatoms. The van der Waals surface area contributed by atoms with Gasteiger partial charge < -0.3 is 9.47 Å². The Morgan fingerprint density at radius 3 is 2.37 bits per heavy atom. The van der Waals surface area contributed by atoms with Crippen molar-refractivity contribution in [1.82, 2.24) is 9.47 Å². The van der Waals surface area contributed by atoms with Gasteiger partial charge in [0.2, 0.25) is 11.8 Å². The number of benzene rings is 2. The van der Waals surface area contributed by atoms with Crippen molar-refractivity contribution in [2.24, 2.45) is 5.92 Å². The fourth-order valence-corrected chi connectivity index (χ4v) is 5.61. The first-order chi connectivity index (χ1) is 17.1. The number of para-hydroxylation sites is 2. The summed E-state index contributed by atoms with van der Waals surface area (Å²) < 4.78 is 2.18. The summed E-state index contributed by atoms with van der Waals surface area (Å²) >= 11 is 0. The molecule has 0 spiro atoms. The monoisotopic (exact) mass is 469 g/mol. The minimum atomic E-state index is -0.248. The van der Waals surface area contributed by atoms with Crippen LogP contribution in [-0.4, -0.2) is 34.4 Å². The van der Waals surface area contributed by atoms with Crippen molar-refractivity contribution in [3.8, 4) is 5.69 Å². The third-order valence-electron chi connectivity index (χ3n) is 7.51. The van der Waals surface area contributed by atoms with Crippen LogP contribution >= 0.6 is 0 Å². The molecule has 0 saturated heterocycles. The van der Waals surface area contributed by atoms with Gasteiger partial charge in [-0.3, -0.25) is 14.5 Å². The van der Waals surface area contributed by atoms with Crippen LogP contribution in [0.3, 0.4) is 0 Å². The second-order valence-electron chi connectivity index (χ2n) is 9.96. The van der Waals surface area contributed by atoms with Gasteiger partial charge in [0.1, 0.15) is 12.6 Å². The third-order valence-corrected chi connectivity index (χ3v) is 7.51. The average Bonchev–Trinajstić information content (AvgIpc) is 3.58. The number of carbonyl (C=O) groups excluding carboxylic acids is 2. The molecule has 2 aliphatic rings. The number of aryl methyl sites for hydroxylation is 1. The highest BCUT2D eigenvalue weighted by atomic mass is 16.2. The van der Waals surface area contributed by atoms with Crippen LogP contribution in [0.25, 0.3) is 5.69 Å². The Morgan fingerprint density at radius 2 is 1.66 bits per heavy atom. The van der Waals surface area contributed by atoms with Gasteiger partial charge in [0.15, 0.2) is 0 Å². The Kier molecular flexibility index (Phi) is 6.76. The van der Waals surface area contributed by atoms with E-state index in [1.165, 1.54) is 5.56 Å². The number of anilines is 1. The zero-order chi connectivity index (χ0) is 24.4. The Bertz CT molecular complexity index is 1190. The maximum absolute atomic E-state index is 14.2. The molecule has 1 aliphatic heterocycles. The first-order valence-electron chi connectivity index (χ1n) is 13.0. The molecule has 1 aromatic heterocycles. The Hall–Kier alpha value is -3.34. The van der Waals surface area contributed by atoms with Crippen molar-refractivity contribution in [3.05, 3.63) is 83.7 Å². The highest BCUT2D eigenvalue weighted by Gasteiger charge is 2.37. The number of unbranched alkanes of at least 4 members (excludes halogenated alkanes) is 1. The molecule has 0 N–H and O–H groups in total. The molecule has 1 unspecified atom stereocenters. The minimum absolute atomic E-state index is 0.0297. The van der Waals surface area contributed by atoms with Gasteiger partial charge in [-0.25, -0.2) is 0 Å². The van der Waals surface area contributed by atoms with E-state index < -0.39 is 0 Å². The van der Waals surface area contributed by atoms with Gasteiger partial charge >= 0.3 is 0 Å². The highest BCUT2D eigenvalue weighted by Crippen LogP contribution is 2.42. The summed E-state index contributed by atoms with van der Waals surface area (Å²) in [4.78, 5) is 31.3. The lowest BCUT2D eigenvalue weighted by Crippen LogP contribution is -2.48. The number of nitrogens with zero attached hydrogens (tertiary/aromatic N) is 3. The normalized spacial score (nSPS) is 17.2. The lowest BCUT2D eigenvalue weighted by Gasteiger charge is -2.39. The lowest BCUT2D eigenvalue weighted by molar-refractivity contribution is -0.138. The van der Waals surface area contributed by atoms with Crippen LogP contribution in [0, 0.1) is 12.8 Å². The number of hydrogen-bond donors (Lipinski definition) is 0. The zero-order valence-corrected chi connectivity index (χ0v) is 20.8. The van der Waals surface area contributed by atoms with Crippen LogP contribution in [0.4, 0.5) is 5.69 Å². The lowest BCUT2D eigenvalue weighted by atomic mass is 9.97.